The zero-order valence-corrected chi connectivity index (χ0v) is 12.9. The van der Waals surface area contributed by atoms with Gasteiger partial charge < -0.3 is 10.0 Å². The molecule has 5 heteroatoms. The summed E-state index contributed by atoms with van der Waals surface area (Å²) in [5.74, 6) is -0.811. The number of piperazine rings is 1. The highest BCUT2D eigenvalue weighted by Crippen LogP contribution is 2.24. The van der Waals surface area contributed by atoms with Crippen LogP contribution in [0.3, 0.4) is 0 Å². The van der Waals surface area contributed by atoms with Crippen LogP contribution in [0, 0.1) is 0 Å². The van der Waals surface area contributed by atoms with E-state index in [-0.39, 0.29) is 0 Å². The predicted molar refractivity (Wildman–Crippen MR) is 83.4 cm³/mol. The molecule has 1 aliphatic rings. The summed E-state index contributed by atoms with van der Waals surface area (Å²) in [5, 5.41) is 13.1. The molecule has 0 amide bonds. The van der Waals surface area contributed by atoms with Gasteiger partial charge in [-0.2, -0.15) is 0 Å². The van der Waals surface area contributed by atoms with Crippen LogP contribution >= 0.6 is 0 Å². The molecule has 1 aromatic carbocycles. The Morgan fingerprint density at radius 1 is 1.24 bits per heavy atom. The number of aliphatic carboxylic acids is 1. The lowest BCUT2D eigenvalue weighted by molar-refractivity contribution is -0.146. The Bertz CT molecular complexity index is 458. The minimum atomic E-state index is -1.04. The fourth-order valence-corrected chi connectivity index (χ4v) is 2.88. The first-order valence-electron chi connectivity index (χ1n) is 7.53. The van der Waals surface area contributed by atoms with Crippen LogP contribution in [-0.2, 0) is 10.3 Å². The molecule has 1 atom stereocenters. The van der Waals surface area contributed by atoms with Crippen LogP contribution in [0.1, 0.15) is 12.5 Å². The molecule has 5 nitrogen and oxygen atoms in total. The van der Waals surface area contributed by atoms with E-state index in [0.717, 1.165) is 31.7 Å². The maximum atomic E-state index is 12.1. The fraction of sp³-hybridized carbons (Fsp3) is 0.562. The molecule has 0 radical (unpaired) electrons. The number of benzene rings is 1. The molecule has 0 aromatic heterocycles. The van der Waals surface area contributed by atoms with E-state index in [1.807, 2.05) is 37.3 Å². The van der Waals surface area contributed by atoms with Crippen LogP contribution < -0.4 is 5.32 Å². The smallest absolute Gasteiger partial charge is 0.329 e. The van der Waals surface area contributed by atoms with E-state index >= 15 is 0 Å². The van der Waals surface area contributed by atoms with E-state index in [1.165, 1.54) is 0 Å². The van der Waals surface area contributed by atoms with E-state index in [1.54, 1.807) is 0 Å². The molecule has 2 N–H and O–H groups in total. The van der Waals surface area contributed by atoms with Crippen LogP contribution in [0.15, 0.2) is 30.3 Å². The second-order valence-electron chi connectivity index (χ2n) is 5.69. The van der Waals surface area contributed by atoms with E-state index in [4.69, 9.17) is 0 Å². The van der Waals surface area contributed by atoms with Crippen molar-refractivity contribution in [2.24, 2.45) is 0 Å². The van der Waals surface area contributed by atoms with Gasteiger partial charge in [-0.15, -0.1) is 0 Å². The highest BCUT2D eigenvalue weighted by Gasteiger charge is 2.41. The molecule has 0 spiro atoms. The highest BCUT2D eigenvalue weighted by atomic mass is 16.4. The SMILES string of the molecule is CCNC(CN1CCN(C)CC1)(C(=O)O)c1ccccc1. The van der Waals surface area contributed by atoms with Gasteiger partial charge >= 0.3 is 5.97 Å². The van der Waals surface area contributed by atoms with Gasteiger partial charge in [0.25, 0.3) is 0 Å². The second-order valence-corrected chi connectivity index (χ2v) is 5.69. The van der Waals surface area contributed by atoms with E-state index in [2.05, 4.69) is 22.2 Å². The summed E-state index contributed by atoms with van der Waals surface area (Å²) >= 11 is 0. The number of carboxylic acids is 1. The van der Waals surface area contributed by atoms with Gasteiger partial charge in [0.2, 0.25) is 0 Å². The average molecular weight is 291 g/mol. The normalized spacial score (nSPS) is 20.1. The lowest BCUT2D eigenvalue weighted by Gasteiger charge is -2.39. The van der Waals surface area contributed by atoms with Gasteiger partial charge in [-0.3, -0.25) is 10.2 Å². The molecule has 0 bridgehead atoms. The first kappa shape index (κ1) is 15.9. The summed E-state index contributed by atoms with van der Waals surface area (Å²) in [7, 11) is 2.10. The van der Waals surface area contributed by atoms with Gasteiger partial charge in [0.15, 0.2) is 5.54 Å². The zero-order chi connectivity index (χ0) is 15.3. The van der Waals surface area contributed by atoms with Gasteiger partial charge in [-0.05, 0) is 19.2 Å². The van der Waals surface area contributed by atoms with E-state index in [9.17, 15) is 9.90 Å². The van der Waals surface area contributed by atoms with Gasteiger partial charge in [0, 0.05) is 32.7 Å². The minimum Gasteiger partial charge on any atom is -0.480 e. The molecular weight excluding hydrogens is 266 g/mol. The maximum absolute atomic E-state index is 12.1. The fourth-order valence-electron chi connectivity index (χ4n) is 2.88. The molecule has 2 rings (SSSR count). The van der Waals surface area contributed by atoms with E-state index in [0.29, 0.717) is 13.1 Å². The molecule has 1 fully saturated rings. The number of nitrogens with zero attached hydrogens (tertiary/aromatic N) is 2. The Labute approximate surface area is 126 Å². The molecule has 116 valence electrons. The van der Waals surface area contributed by atoms with Crippen LogP contribution in [-0.4, -0.2) is 67.2 Å². The lowest BCUT2D eigenvalue weighted by atomic mass is 9.88. The molecule has 0 aliphatic carbocycles. The first-order chi connectivity index (χ1) is 10.1. The standard InChI is InChI=1S/C16H25N3O2/c1-3-17-16(15(20)21,14-7-5-4-6-8-14)13-19-11-9-18(2)10-12-19/h4-8,17H,3,9-13H2,1-2H3,(H,20,21). The average Bonchev–Trinajstić information content (AvgIpc) is 2.49. The van der Waals surface area contributed by atoms with Crippen molar-refractivity contribution in [3.63, 3.8) is 0 Å². The predicted octanol–water partition coefficient (Wildman–Crippen LogP) is 0.823. The van der Waals surface area contributed by atoms with Crippen molar-refractivity contribution in [2.45, 2.75) is 12.5 Å². The Morgan fingerprint density at radius 3 is 2.38 bits per heavy atom. The molecule has 1 aromatic rings. The monoisotopic (exact) mass is 291 g/mol. The van der Waals surface area contributed by atoms with Crippen molar-refractivity contribution in [3.05, 3.63) is 35.9 Å². The first-order valence-corrected chi connectivity index (χ1v) is 7.53. The van der Waals surface area contributed by atoms with Crippen LogP contribution in [0.25, 0.3) is 0 Å². The molecule has 0 saturated carbocycles. The van der Waals surface area contributed by atoms with E-state index < -0.39 is 11.5 Å². The van der Waals surface area contributed by atoms with Crippen molar-refractivity contribution < 1.29 is 9.90 Å². The topological polar surface area (TPSA) is 55.8 Å². The zero-order valence-electron chi connectivity index (χ0n) is 12.9. The quantitative estimate of drug-likeness (QED) is 0.813. The number of carboxylic acid groups (broad SMARTS) is 1. The van der Waals surface area contributed by atoms with Crippen LogP contribution in [0.5, 0.6) is 0 Å². The molecule has 1 saturated heterocycles. The largest absolute Gasteiger partial charge is 0.480 e. The second kappa shape index (κ2) is 7.02. The van der Waals surface area contributed by atoms with Crippen molar-refractivity contribution in [2.75, 3.05) is 46.3 Å². The van der Waals surface area contributed by atoms with Crippen molar-refractivity contribution >= 4 is 5.97 Å². The summed E-state index contributed by atoms with van der Waals surface area (Å²) < 4.78 is 0. The summed E-state index contributed by atoms with van der Waals surface area (Å²) in [5.41, 5.74) is -0.218. The number of carbonyl (C=O) groups is 1. The van der Waals surface area contributed by atoms with Crippen LogP contribution in [0.4, 0.5) is 0 Å². The molecular formula is C16H25N3O2. The van der Waals surface area contributed by atoms with Crippen LogP contribution in [0.2, 0.25) is 0 Å². The number of hydrogen-bond donors (Lipinski definition) is 2. The van der Waals surface area contributed by atoms with Crippen molar-refractivity contribution in [3.8, 4) is 0 Å². The van der Waals surface area contributed by atoms with Gasteiger partial charge in [-0.25, -0.2) is 4.79 Å². The molecule has 1 unspecified atom stereocenters. The third-order valence-corrected chi connectivity index (χ3v) is 4.17. The lowest BCUT2D eigenvalue weighted by Crippen LogP contribution is -2.59. The van der Waals surface area contributed by atoms with Crippen molar-refractivity contribution in [1.82, 2.24) is 15.1 Å². The van der Waals surface area contributed by atoms with Gasteiger partial charge in [-0.1, -0.05) is 37.3 Å². The Kier molecular flexibility index (Phi) is 5.33. The Hall–Kier alpha value is -1.43. The molecule has 1 heterocycles. The van der Waals surface area contributed by atoms with Gasteiger partial charge in [0.1, 0.15) is 0 Å². The minimum absolute atomic E-state index is 0.494. The third-order valence-electron chi connectivity index (χ3n) is 4.17. The Morgan fingerprint density at radius 2 is 1.86 bits per heavy atom. The third kappa shape index (κ3) is 3.61. The number of hydrogen-bond acceptors (Lipinski definition) is 4. The number of likely N-dealkylation sites (N-methyl/N-ethyl adjacent to an activating group) is 2. The van der Waals surface area contributed by atoms with Crippen molar-refractivity contribution in [1.29, 1.82) is 0 Å². The number of nitrogens with one attached hydrogen (secondary N) is 1. The summed E-state index contributed by atoms with van der Waals surface area (Å²) in [6.45, 7) is 6.84. The maximum Gasteiger partial charge on any atom is 0.329 e. The Balaban J connectivity index is 2.25. The molecule has 21 heavy (non-hydrogen) atoms. The summed E-state index contributed by atoms with van der Waals surface area (Å²) in [6.07, 6.45) is 0. The summed E-state index contributed by atoms with van der Waals surface area (Å²) in [4.78, 5) is 16.6. The highest BCUT2D eigenvalue weighted by molar-refractivity contribution is 5.81. The summed E-state index contributed by atoms with van der Waals surface area (Å²) in [6, 6.07) is 9.50. The molecule has 1 aliphatic heterocycles. The van der Waals surface area contributed by atoms with Gasteiger partial charge in [0.05, 0.1) is 0 Å². The number of rotatable bonds is 6.